The van der Waals surface area contributed by atoms with Crippen molar-refractivity contribution in [3.63, 3.8) is 0 Å². The number of halogens is 3. The molecule has 10 heteroatoms. The van der Waals surface area contributed by atoms with Crippen LogP contribution < -0.4 is 5.32 Å². The average Bonchev–Trinajstić information content (AvgIpc) is 3.30. The lowest BCUT2D eigenvalue weighted by Gasteiger charge is -2.13. The summed E-state index contributed by atoms with van der Waals surface area (Å²) in [6.07, 6.45) is 1.51. The molecule has 0 amide bonds. The van der Waals surface area contributed by atoms with E-state index in [9.17, 15) is 26.7 Å². The Balaban J connectivity index is 2.29. The van der Waals surface area contributed by atoms with Crippen molar-refractivity contribution in [2.45, 2.75) is 30.2 Å². The number of allylic oxidation sites excluding steroid dienone is 1. The predicted molar refractivity (Wildman–Crippen MR) is 88.6 cm³/mol. The van der Waals surface area contributed by atoms with Crippen molar-refractivity contribution in [1.29, 1.82) is 5.26 Å². The number of nitrogens with zero attached hydrogens (tertiary/aromatic N) is 1. The molecule has 1 aliphatic rings. The maximum atomic E-state index is 12.6. The summed E-state index contributed by atoms with van der Waals surface area (Å²) >= 11 is 5.04. The van der Waals surface area contributed by atoms with Gasteiger partial charge in [-0.3, -0.25) is 0 Å². The number of hydrogen-bond acceptors (Lipinski definition) is 5. The van der Waals surface area contributed by atoms with Crippen molar-refractivity contribution < 1.29 is 26.7 Å². The van der Waals surface area contributed by atoms with E-state index in [2.05, 4.69) is 5.32 Å². The monoisotopic (exact) mass is 390 g/mol. The summed E-state index contributed by atoms with van der Waals surface area (Å²) in [5.74, 6) is -0.219. The zero-order valence-electron chi connectivity index (χ0n) is 12.9. The van der Waals surface area contributed by atoms with Gasteiger partial charge in [0.1, 0.15) is 22.4 Å². The van der Waals surface area contributed by atoms with Gasteiger partial charge in [0, 0.05) is 11.6 Å². The molecule has 0 aliphatic heterocycles. The first-order chi connectivity index (χ1) is 11.5. The van der Waals surface area contributed by atoms with E-state index in [-0.39, 0.29) is 33.5 Å². The van der Waals surface area contributed by atoms with Gasteiger partial charge in [-0.2, -0.15) is 18.4 Å². The molecule has 2 rings (SSSR count). The Labute approximate surface area is 147 Å². The lowest BCUT2D eigenvalue weighted by molar-refractivity contribution is -0.0436. The third-order valence-corrected chi connectivity index (χ3v) is 5.54. The Morgan fingerprint density at radius 2 is 2.00 bits per heavy atom. The minimum atomic E-state index is -5.45. The minimum Gasteiger partial charge on any atom is -0.511 e. The van der Waals surface area contributed by atoms with Crippen molar-refractivity contribution in [3.05, 3.63) is 35.1 Å². The van der Waals surface area contributed by atoms with Crippen LogP contribution >= 0.6 is 12.2 Å². The number of hydrogen-bond donors (Lipinski definition) is 2. The topological polar surface area (TPSA) is 90.2 Å². The van der Waals surface area contributed by atoms with E-state index in [1.807, 2.05) is 0 Å². The molecule has 0 saturated heterocycles. The number of thiocarbonyl (C=S) groups is 1. The summed E-state index contributed by atoms with van der Waals surface area (Å²) in [6, 6.07) is 4.90. The van der Waals surface area contributed by atoms with Crippen LogP contribution in [-0.2, 0) is 9.84 Å². The fourth-order valence-electron chi connectivity index (χ4n) is 2.13. The smallest absolute Gasteiger partial charge is 0.501 e. The number of aliphatic hydroxyl groups is 1. The highest BCUT2D eigenvalue weighted by Gasteiger charge is 2.47. The summed E-state index contributed by atoms with van der Waals surface area (Å²) in [5, 5.41) is 21.7. The Hall–Kier alpha value is -2.12. The van der Waals surface area contributed by atoms with E-state index < -0.39 is 20.2 Å². The number of nitriles is 1. The molecule has 0 spiro atoms. The number of nitrogens with one attached hydrogen (secondary N) is 1. The first-order valence-corrected chi connectivity index (χ1v) is 8.94. The maximum absolute atomic E-state index is 12.6. The largest absolute Gasteiger partial charge is 0.511 e. The van der Waals surface area contributed by atoms with Gasteiger partial charge >= 0.3 is 5.51 Å². The fourth-order valence-corrected chi connectivity index (χ4v) is 3.38. The van der Waals surface area contributed by atoms with Crippen LogP contribution in [0.3, 0.4) is 0 Å². The van der Waals surface area contributed by atoms with E-state index >= 15 is 0 Å². The van der Waals surface area contributed by atoms with Gasteiger partial charge in [0.25, 0.3) is 9.84 Å². The van der Waals surface area contributed by atoms with E-state index in [0.29, 0.717) is 0 Å². The summed E-state index contributed by atoms with van der Waals surface area (Å²) in [5.41, 5.74) is -5.42. The molecular weight excluding hydrogens is 377 g/mol. The van der Waals surface area contributed by atoms with Crippen molar-refractivity contribution in [1.82, 2.24) is 0 Å². The minimum absolute atomic E-state index is 0.0854. The molecule has 0 heterocycles. The summed E-state index contributed by atoms with van der Waals surface area (Å²) in [4.78, 5) is -0.939. The molecule has 1 aliphatic carbocycles. The van der Waals surface area contributed by atoms with Crippen LogP contribution in [0.5, 0.6) is 0 Å². The molecule has 1 aromatic rings. The first kappa shape index (κ1) is 19.2. The van der Waals surface area contributed by atoms with E-state index in [1.165, 1.54) is 13.0 Å². The van der Waals surface area contributed by atoms with Crippen molar-refractivity contribution in [3.8, 4) is 6.07 Å². The van der Waals surface area contributed by atoms with Gasteiger partial charge in [-0.05, 0) is 43.5 Å². The summed E-state index contributed by atoms with van der Waals surface area (Å²) < 4.78 is 60.9. The van der Waals surface area contributed by atoms with Crippen LogP contribution in [0.25, 0.3) is 0 Å². The lowest BCUT2D eigenvalue weighted by Crippen LogP contribution is -2.24. The maximum Gasteiger partial charge on any atom is 0.501 e. The van der Waals surface area contributed by atoms with Crippen LogP contribution in [0, 0.1) is 24.2 Å². The Kier molecular flexibility index (Phi) is 5.11. The van der Waals surface area contributed by atoms with Gasteiger partial charge in [-0.15, -0.1) is 0 Å². The van der Waals surface area contributed by atoms with Gasteiger partial charge in [-0.25, -0.2) is 8.42 Å². The average molecular weight is 390 g/mol. The number of anilines is 1. The molecule has 1 fully saturated rings. The molecular formula is C15H13F3N2O3S2. The van der Waals surface area contributed by atoms with Gasteiger partial charge in [0.2, 0.25) is 0 Å². The zero-order chi connectivity index (χ0) is 19.0. The SMILES string of the molecule is Cc1cc(NC(=S)C(C#N)=C(O)C2CC2)ccc1S(=O)(=O)C(F)(F)F. The fraction of sp³-hybridized carbons (Fsp3) is 0.333. The number of benzene rings is 1. The zero-order valence-corrected chi connectivity index (χ0v) is 14.5. The third kappa shape index (κ3) is 3.93. The lowest BCUT2D eigenvalue weighted by atomic mass is 10.1. The van der Waals surface area contributed by atoms with Gasteiger partial charge in [-0.1, -0.05) is 12.2 Å². The summed E-state index contributed by atoms with van der Waals surface area (Å²) in [7, 11) is -5.45. The molecule has 1 aromatic carbocycles. The van der Waals surface area contributed by atoms with Crippen LogP contribution in [-0.4, -0.2) is 24.0 Å². The molecule has 25 heavy (non-hydrogen) atoms. The molecule has 2 N–H and O–H groups in total. The Bertz CT molecular complexity index is 896. The van der Waals surface area contributed by atoms with Gasteiger partial charge in [0.05, 0.1) is 4.90 Å². The Morgan fingerprint density at radius 1 is 1.40 bits per heavy atom. The van der Waals surface area contributed by atoms with Gasteiger partial charge < -0.3 is 10.4 Å². The van der Waals surface area contributed by atoms with Crippen molar-refractivity contribution >= 4 is 32.7 Å². The second-order valence-electron chi connectivity index (χ2n) is 5.53. The van der Waals surface area contributed by atoms with Crippen LogP contribution in [0.2, 0.25) is 0 Å². The standard InChI is InChI=1S/C15H13F3N2O3S2/c1-8-6-10(4-5-12(8)25(22,23)15(16,17)18)20-14(24)11(7-19)13(21)9-2-3-9/h4-6,9,21H,2-3H2,1H3,(H,20,24). The molecule has 0 bridgehead atoms. The van der Waals surface area contributed by atoms with E-state index in [4.69, 9.17) is 17.5 Å². The molecule has 134 valence electrons. The summed E-state index contributed by atoms with van der Waals surface area (Å²) in [6.45, 7) is 1.22. The first-order valence-electron chi connectivity index (χ1n) is 7.05. The van der Waals surface area contributed by atoms with Crippen molar-refractivity contribution in [2.75, 3.05) is 5.32 Å². The molecule has 0 radical (unpaired) electrons. The highest BCUT2D eigenvalue weighted by molar-refractivity contribution is 7.92. The number of rotatable bonds is 4. The number of alkyl halides is 3. The molecule has 0 atom stereocenters. The normalized spacial score (nSPS) is 16.0. The van der Waals surface area contributed by atoms with Crippen LogP contribution in [0.4, 0.5) is 18.9 Å². The van der Waals surface area contributed by atoms with E-state index in [1.54, 1.807) is 6.07 Å². The van der Waals surface area contributed by atoms with Crippen LogP contribution in [0.1, 0.15) is 18.4 Å². The number of aryl methyl sites for hydroxylation is 1. The highest BCUT2D eigenvalue weighted by atomic mass is 32.2. The van der Waals surface area contributed by atoms with Crippen molar-refractivity contribution in [2.24, 2.45) is 5.92 Å². The molecule has 1 saturated carbocycles. The van der Waals surface area contributed by atoms with Crippen LogP contribution in [0.15, 0.2) is 34.4 Å². The highest BCUT2D eigenvalue weighted by Crippen LogP contribution is 2.37. The van der Waals surface area contributed by atoms with E-state index in [0.717, 1.165) is 25.0 Å². The number of aliphatic hydroxyl groups excluding tert-OH is 1. The third-order valence-electron chi connectivity index (χ3n) is 3.59. The Morgan fingerprint density at radius 3 is 2.44 bits per heavy atom. The molecule has 0 unspecified atom stereocenters. The predicted octanol–water partition coefficient (Wildman–Crippen LogP) is 3.77. The second-order valence-corrected chi connectivity index (χ2v) is 7.85. The molecule has 0 aromatic heterocycles. The quantitative estimate of drug-likeness (QED) is 0.352. The van der Waals surface area contributed by atoms with Gasteiger partial charge in [0.15, 0.2) is 0 Å². The second kappa shape index (κ2) is 6.65. The number of sulfone groups is 1. The molecule has 5 nitrogen and oxygen atoms in total.